The summed E-state index contributed by atoms with van der Waals surface area (Å²) in [5, 5.41) is 0. The van der Waals surface area contributed by atoms with Gasteiger partial charge in [-0.3, -0.25) is 0 Å². The molecule has 14 heavy (non-hydrogen) atoms. The van der Waals surface area contributed by atoms with E-state index in [1.54, 1.807) is 0 Å². The molecule has 0 N–H and O–H groups in total. The minimum atomic E-state index is -4.33. The molecular weight excluding hydrogens is 197 g/mol. The van der Waals surface area contributed by atoms with Crippen LogP contribution in [-0.2, 0) is 9.53 Å². The Morgan fingerprint density at radius 3 is 2.50 bits per heavy atom. The van der Waals surface area contributed by atoms with Crippen LogP contribution in [0.4, 0.5) is 13.2 Å². The topological polar surface area (TPSA) is 26.3 Å². The first-order chi connectivity index (χ1) is 6.49. The normalized spacial score (nSPS) is 13.9. The molecule has 0 heterocycles. The lowest BCUT2D eigenvalue weighted by molar-refractivity contribution is -0.161. The molecule has 80 valence electrons. The summed E-state index contributed by atoms with van der Waals surface area (Å²) in [6.07, 6.45) is 0.347. The molecule has 0 aromatic heterocycles. The number of ether oxygens (including phenoxy) is 1. The second-order valence-electron chi connectivity index (χ2n) is 2.57. The fraction of sp³-hybridized carbons (Fsp3) is 0.444. The minimum absolute atomic E-state index is 0.296. The van der Waals surface area contributed by atoms with Crippen molar-refractivity contribution in [3.05, 3.63) is 25.0 Å². The molecule has 0 amide bonds. The van der Waals surface area contributed by atoms with Crippen LogP contribution in [0.3, 0.4) is 0 Å². The third-order valence-corrected chi connectivity index (χ3v) is 1.33. The average molecular weight is 208 g/mol. The van der Waals surface area contributed by atoms with Crippen LogP contribution in [-0.4, -0.2) is 19.1 Å². The number of allylic oxidation sites excluding steroid dienone is 2. The minimum Gasteiger partial charge on any atom is -0.492 e. The van der Waals surface area contributed by atoms with Crippen molar-refractivity contribution in [2.75, 3.05) is 6.61 Å². The Morgan fingerprint density at radius 2 is 2.07 bits per heavy atom. The van der Waals surface area contributed by atoms with Crippen molar-refractivity contribution in [1.82, 2.24) is 0 Å². The molecule has 0 aromatic rings. The number of alkyl halides is 3. The summed E-state index contributed by atoms with van der Waals surface area (Å²) in [6, 6.07) is 0. The Hall–Kier alpha value is -1.26. The number of rotatable bonds is 6. The molecular formula is C9H11F3O2. The Morgan fingerprint density at radius 1 is 1.43 bits per heavy atom. The van der Waals surface area contributed by atoms with Crippen molar-refractivity contribution in [3.63, 3.8) is 0 Å². The molecule has 0 fully saturated rings. The van der Waals surface area contributed by atoms with E-state index >= 15 is 0 Å². The third kappa shape index (κ3) is 7.39. The molecule has 0 aliphatic carbocycles. The Kier molecular flexibility index (Phi) is 5.67. The highest BCUT2D eigenvalue weighted by molar-refractivity contribution is 5.56. The highest BCUT2D eigenvalue weighted by Gasteiger charge is 2.27. The molecule has 5 heteroatoms. The van der Waals surface area contributed by atoms with Crippen molar-refractivity contribution in [3.8, 4) is 0 Å². The maximum atomic E-state index is 11.5. The molecule has 0 rings (SSSR count). The van der Waals surface area contributed by atoms with Crippen LogP contribution in [0.5, 0.6) is 0 Å². The number of hydrogen-bond donors (Lipinski definition) is 0. The van der Waals surface area contributed by atoms with E-state index in [1.807, 2.05) is 0 Å². The van der Waals surface area contributed by atoms with Crippen LogP contribution in [0.2, 0.25) is 0 Å². The van der Waals surface area contributed by atoms with E-state index in [9.17, 15) is 18.0 Å². The van der Waals surface area contributed by atoms with E-state index in [2.05, 4.69) is 11.3 Å². The zero-order valence-electron chi connectivity index (χ0n) is 7.46. The number of aldehydes is 1. The fourth-order valence-electron chi connectivity index (χ4n) is 0.631. The predicted molar refractivity (Wildman–Crippen MR) is 45.5 cm³/mol. The largest absolute Gasteiger partial charge is 0.492 e. The Bertz CT molecular complexity index is 201. The van der Waals surface area contributed by atoms with Gasteiger partial charge in [-0.15, -0.1) is 6.58 Å². The fourth-order valence-corrected chi connectivity index (χ4v) is 0.631. The smallest absolute Gasteiger partial charge is 0.422 e. The Labute approximate surface area is 80.1 Å². The quantitative estimate of drug-likeness (QED) is 0.381. The maximum Gasteiger partial charge on any atom is 0.422 e. The van der Waals surface area contributed by atoms with Gasteiger partial charge in [0.2, 0.25) is 0 Å². The maximum absolute atomic E-state index is 11.5. The van der Waals surface area contributed by atoms with E-state index in [4.69, 9.17) is 0 Å². The van der Waals surface area contributed by atoms with Crippen LogP contribution in [0.25, 0.3) is 0 Å². The average Bonchev–Trinajstić information content (AvgIpc) is 2.09. The number of carbonyl (C=O) groups is 1. The van der Waals surface area contributed by atoms with Gasteiger partial charge in [0.15, 0.2) is 6.61 Å². The first-order valence-electron chi connectivity index (χ1n) is 3.91. The molecule has 1 unspecified atom stereocenters. The first-order valence-corrected chi connectivity index (χ1v) is 3.91. The summed E-state index contributed by atoms with van der Waals surface area (Å²) in [5.74, 6) is -0.374. The molecule has 0 spiro atoms. The van der Waals surface area contributed by atoms with Gasteiger partial charge in [-0.1, -0.05) is 6.08 Å². The zero-order chi connectivity index (χ0) is 11.0. The molecule has 0 aromatic carbocycles. The summed E-state index contributed by atoms with van der Waals surface area (Å²) < 4.78 is 38.8. The van der Waals surface area contributed by atoms with Crippen molar-refractivity contribution in [1.29, 1.82) is 0 Å². The van der Waals surface area contributed by atoms with Gasteiger partial charge in [-0.25, -0.2) is 0 Å². The van der Waals surface area contributed by atoms with Gasteiger partial charge in [-0.05, 0) is 12.5 Å². The van der Waals surface area contributed by atoms with Crippen LogP contribution in [0, 0.1) is 5.92 Å². The molecule has 0 bridgehead atoms. The van der Waals surface area contributed by atoms with E-state index in [-0.39, 0.29) is 5.92 Å². The Balaban J connectivity index is 3.64. The number of hydrogen-bond acceptors (Lipinski definition) is 2. The lowest BCUT2D eigenvalue weighted by Gasteiger charge is -2.04. The standard InChI is InChI=1S/C9H11F3O2/c1-2-8(6-13)4-3-5-14-7-9(10,11)12/h2-3,5-6,8H,1,4,7H2/b5-3+. The van der Waals surface area contributed by atoms with E-state index in [0.717, 1.165) is 6.26 Å². The predicted octanol–water partition coefficient (Wildman–Crippen LogP) is 2.47. The van der Waals surface area contributed by atoms with Gasteiger partial charge in [-0.2, -0.15) is 13.2 Å². The van der Waals surface area contributed by atoms with Gasteiger partial charge < -0.3 is 9.53 Å². The number of carbonyl (C=O) groups excluding carboxylic acids is 1. The molecule has 0 aliphatic rings. The first kappa shape index (κ1) is 12.7. The number of halogens is 3. The monoisotopic (exact) mass is 208 g/mol. The molecule has 0 radical (unpaired) electrons. The summed E-state index contributed by atoms with van der Waals surface area (Å²) in [5.41, 5.74) is 0. The summed E-state index contributed by atoms with van der Waals surface area (Å²) >= 11 is 0. The highest BCUT2D eigenvalue weighted by Crippen LogP contribution is 2.14. The van der Waals surface area contributed by atoms with Gasteiger partial charge in [0.25, 0.3) is 0 Å². The molecule has 0 saturated heterocycles. The van der Waals surface area contributed by atoms with E-state index in [0.29, 0.717) is 12.7 Å². The van der Waals surface area contributed by atoms with Crippen molar-refractivity contribution in [2.24, 2.45) is 5.92 Å². The van der Waals surface area contributed by atoms with Gasteiger partial charge in [0.1, 0.15) is 6.29 Å². The molecule has 1 atom stereocenters. The van der Waals surface area contributed by atoms with Gasteiger partial charge in [0.05, 0.1) is 6.26 Å². The second kappa shape index (κ2) is 6.23. The molecule has 0 aliphatic heterocycles. The van der Waals surface area contributed by atoms with E-state index in [1.165, 1.54) is 12.2 Å². The summed E-state index contributed by atoms with van der Waals surface area (Å²) in [4.78, 5) is 10.2. The highest BCUT2D eigenvalue weighted by atomic mass is 19.4. The molecule has 0 saturated carbocycles. The summed E-state index contributed by atoms with van der Waals surface area (Å²) in [7, 11) is 0. The van der Waals surface area contributed by atoms with Crippen LogP contribution >= 0.6 is 0 Å². The summed E-state index contributed by atoms with van der Waals surface area (Å²) in [6.45, 7) is 2.07. The van der Waals surface area contributed by atoms with Crippen LogP contribution in [0.1, 0.15) is 6.42 Å². The second-order valence-corrected chi connectivity index (χ2v) is 2.57. The van der Waals surface area contributed by atoms with Crippen molar-refractivity contribution < 1.29 is 22.7 Å². The van der Waals surface area contributed by atoms with E-state index < -0.39 is 12.8 Å². The SMILES string of the molecule is C=CC(C=O)C/C=C/OCC(F)(F)F. The molecule has 2 nitrogen and oxygen atoms in total. The van der Waals surface area contributed by atoms with Gasteiger partial charge >= 0.3 is 6.18 Å². The third-order valence-electron chi connectivity index (χ3n) is 1.33. The zero-order valence-corrected chi connectivity index (χ0v) is 7.46. The van der Waals surface area contributed by atoms with Gasteiger partial charge in [0, 0.05) is 5.92 Å². The van der Waals surface area contributed by atoms with Crippen LogP contribution in [0.15, 0.2) is 25.0 Å². The van der Waals surface area contributed by atoms with Crippen molar-refractivity contribution in [2.45, 2.75) is 12.6 Å². The van der Waals surface area contributed by atoms with Crippen molar-refractivity contribution >= 4 is 6.29 Å². The lowest BCUT2D eigenvalue weighted by Crippen LogP contribution is -2.14. The van der Waals surface area contributed by atoms with Crippen LogP contribution < -0.4 is 0 Å². The lowest BCUT2D eigenvalue weighted by atomic mass is 10.1.